The van der Waals surface area contributed by atoms with Crippen LogP contribution in [0.4, 0.5) is 0 Å². The van der Waals surface area contributed by atoms with Crippen LogP contribution in [0, 0.1) is 10.2 Å². The first-order valence-electron chi connectivity index (χ1n) is 6.75. The summed E-state index contributed by atoms with van der Waals surface area (Å²) in [6, 6.07) is 0. The Bertz CT molecular complexity index is 138. The summed E-state index contributed by atoms with van der Waals surface area (Å²) in [5, 5.41) is 0. The molecule has 18 heavy (non-hydrogen) atoms. The standard InChI is InChI=1S/C12H27N.ClHO4/c1-2-3-4-5-6-7-8-9-10-11-12-13;2-1(3,4)5/h2-13H2,1H3;(H,2,3,4,5). The van der Waals surface area contributed by atoms with Gasteiger partial charge in [-0.1, -0.05) is 64.7 Å². The Labute approximate surface area is 113 Å². The predicted octanol–water partition coefficient (Wildman–Crippen LogP) is -0.258. The molecular formula is C12H28ClNO4. The molecule has 0 aliphatic carbocycles. The number of hydrogen-bond donors (Lipinski definition) is 2. The van der Waals surface area contributed by atoms with Crippen LogP contribution in [-0.4, -0.2) is 11.2 Å². The Kier molecular flexibility index (Phi) is 17.2. The summed E-state index contributed by atoms with van der Waals surface area (Å²) >= 11 is 0. The SMILES string of the molecule is CCCCCCCCCCCCN.[O-][Cl+3]([O-])([O-])O. The summed E-state index contributed by atoms with van der Waals surface area (Å²) in [5.41, 5.74) is 5.42. The predicted molar refractivity (Wildman–Crippen MR) is 63.1 cm³/mol. The highest BCUT2D eigenvalue weighted by Gasteiger charge is 1.98. The molecule has 0 rings (SSSR count). The molecule has 0 radical (unpaired) electrons. The molecule has 0 heterocycles. The van der Waals surface area contributed by atoms with Crippen molar-refractivity contribution >= 4 is 0 Å². The van der Waals surface area contributed by atoms with Crippen LogP contribution < -0.4 is 19.7 Å². The third-order valence-electron chi connectivity index (χ3n) is 2.56. The van der Waals surface area contributed by atoms with Crippen molar-refractivity contribution in [2.75, 3.05) is 6.54 Å². The quantitative estimate of drug-likeness (QED) is 0.537. The van der Waals surface area contributed by atoms with Gasteiger partial charge in [-0.2, -0.15) is 14.0 Å². The molecule has 0 amide bonds. The van der Waals surface area contributed by atoms with Crippen LogP contribution in [0.5, 0.6) is 0 Å². The molecule has 0 saturated heterocycles. The lowest BCUT2D eigenvalue weighted by Crippen LogP contribution is -2.58. The minimum Gasteiger partial charge on any atom is -0.330 e. The van der Waals surface area contributed by atoms with Crippen LogP contribution in [0.3, 0.4) is 0 Å². The zero-order valence-electron chi connectivity index (χ0n) is 11.4. The van der Waals surface area contributed by atoms with E-state index in [1.54, 1.807) is 0 Å². The maximum Gasteiger partial charge on any atom is 0.0777 e. The van der Waals surface area contributed by atoms with Crippen molar-refractivity contribution in [1.82, 2.24) is 0 Å². The summed E-state index contributed by atoms with van der Waals surface area (Å²) in [7, 11) is -4.69. The summed E-state index contributed by atoms with van der Waals surface area (Å²) < 4.78 is 32.7. The molecule has 0 atom stereocenters. The van der Waals surface area contributed by atoms with Crippen LogP contribution in [0.2, 0.25) is 0 Å². The minimum absolute atomic E-state index is 0.872. The molecule has 0 aromatic heterocycles. The zero-order chi connectivity index (χ0) is 14.3. The van der Waals surface area contributed by atoms with Gasteiger partial charge < -0.3 is 5.73 Å². The van der Waals surface area contributed by atoms with E-state index in [1.165, 1.54) is 64.2 Å². The maximum atomic E-state index is 8.60. The molecular weight excluding hydrogens is 258 g/mol. The fraction of sp³-hybridized carbons (Fsp3) is 1.00. The van der Waals surface area contributed by atoms with Crippen molar-refractivity contribution in [3.8, 4) is 0 Å². The fourth-order valence-corrected chi connectivity index (χ4v) is 1.63. The summed E-state index contributed by atoms with van der Waals surface area (Å²) in [5.74, 6) is 0. The smallest absolute Gasteiger partial charge is 0.0777 e. The van der Waals surface area contributed by atoms with Gasteiger partial charge in [-0.15, -0.1) is 0 Å². The molecule has 112 valence electrons. The summed E-state index contributed by atoms with van der Waals surface area (Å²) in [4.78, 5) is 0. The van der Waals surface area contributed by atoms with Crippen molar-refractivity contribution in [3.05, 3.63) is 0 Å². The maximum absolute atomic E-state index is 8.60. The lowest BCUT2D eigenvalue weighted by Gasteiger charge is -2.03. The van der Waals surface area contributed by atoms with Gasteiger partial charge in [0.25, 0.3) is 0 Å². The second-order valence-corrected chi connectivity index (χ2v) is 5.16. The van der Waals surface area contributed by atoms with Gasteiger partial charge in [0.05, 0.1) is 14.9 Å². The number of nitrogens with two attached hydrogens (primary N) is 1. The van der Waals surface area contributed by atoms with Gasteiger partial charge in [-0.3, -0.25) is 0 Å². The van der Waals surface area contributed by atoms with Crippen molar-refractivity contribution in [1.29, 1.82) is 0 Å². The molecule has 6 heteroatoms. The van der Waals surface area contributed by atoms with Gasteiger partial charge in [0.2, 0.25) is 0 Å². The molecule has 0 bridgehead atoms. The van der Waals surface area contributed by atoms with E-state index in [4.69, 9.17) is 24.4 Å². The Morgan fingerprint density at radius 2 is 1.06 bits per heavy atom. The van der Waals surface area contributed by atoms with Crippen LogP contribution in [-0.2, 0) is 0 Å². The van der Waals surface area contributed by atoms with E-state index in [1.807, 2.05) is 0 Å². The Morgan fingerprint density at radius 1 is 0.778 bits per heavy atom. The van der Waals surface area contributed by atoms with Gasteiger partial charge in [0, 0.05) is 0 Å². The molecule has 0 spiro atoms. The normalized spacial score (nSPS) is 11.0. The summed E-state index contributed by atoms with van der Waals surface area (Å²) in [6.45, 7) is 3.14. The summed E-state index contributed by atoms with van der Waals surface area (Å²) in [6.07, 6.45) is 13.9. The second-order valence-electron chi connectivity index (χ2n) is 4.37. The average molecular weight is 286 g/mol. The van der Waals surface area contributed by atoms with Gasteiger partial charge >= 0.3 is 0 Å². The molecule has 0 aliphatic heterocycles. The van der Waals surface area contributed by atoms with E-state index in [9.17, 15) is 0 Å². The number of unbranched alkanes of at least 4 members (excludes halogenated alkanes) is 9. The highest BCUT2D eigenvalue weighted by molar-refractivity contribution is 4.47. The first kappa shape index (κ1) is 20.4. The monoisotopic (exact) mass is 285 g/mol. The number of rotatable bonds is 10. The number of halogens is 1. The molecule has 3 N–H and O–H groups in total. The van der Waals surface area contributed by atoms with Crippen molar-refractivity contribution in [3.63, 3.8) is 0 Å². The molecule has 0 aliphatic rings. The third kappa shape index (κ3) is 36.0. The molecule has 0 aromatic rings. The van der Waals surface area contributed by atoms with Crippen molar-refractivity contribution < 1.29 is 28.9 Å². The Morgan fingerprint density at radius 3 is 1.33 bits per heavy atom. The molecule has 0 unspecified atom stereocenters. The lowest BCUT2D eigenvalue weighted by atomic mass is 10.1. The first-order valence-corrected chi connectivity index (χ1v) is 8.01. The topological polar surface area (TPSA) is 115 Å². The molecule has 0 aromatic carbocycles. The first-order chi connectivity index (χ1) is 8.41. The zero-order valence-corrected chi connectivity index (χ0v) is 12.2. The Balaban J connectivity index is 0. The molecule has 0 saturated carbocycles. The van der Waals surface area contributed by atoms with Crippen LogP contribution >= 0.6 is 0 Å². The van der Waals surface area contributed by atoms with Crippen LogP contribution in [0.25, 0.3) is 0 Å². The average Bonchev–Trinajstić information content (AvgIpc) is 2.25. The van der Waals surface area contributed by atoms with E-state index in [0.29, 0.717) is 0 Å². The number of hydrogen-bond acceptors (Lipinski definition) is 5. The van der Waals surface area contributed by atoms with Crippen molar-refractivity contribution in [2.24, 2.45) is 5.73 Å². The van der Waals surface area contributed by atoms with Crippen LogP contribution in [0.15, 0.2) is 0 Å². The third-order valence-corrected chi connectivity index (χ3v) is 2.56. The van der Waals surface area contributed by atoms with Crippen molar-refractivity contribution in [2.45, 2.75) is 71.1 Å². The highest BCUT2D eigenvalue weighted by Crippen LogP contribution is 2.09. The second kappa shape index (κ2) is 15.1. The van der Waals surface area contributed by atoms with E-state index in [-0.39, 0.29) is 0 Å². The van der Waals surface area contributed by atoms with Gasteiger partial charge in [0.15, 0.2) is 0 Å². The van der Waals surface area contributed by atoms with E-state index in [2.05, 4.69) is 6.92 Å². The lowest BCUT2D eigenvalue weighted by molar-refractivity contribution is -1.92. The van der Waals surface area contributed by atoms with E-state index >= 15 is 0 Å². The highest BCUT2D eigenvalue weighted by atomic mass is 35.7. The van der Waals surface area contributed by atoms with Gasteiger partial charge in [-0.25, -0.2) is 0 Å². The Hall–Kier alpha value is 0.0900. The minimum atomic E-state index is -4.69. The fourth-order valence-electron chi connectivity index (χ4n) is 1.63. The van der Waals surface area contributed by atoms with Gasteiger partial charge in [-0.05, 0) is 13.0 Å². The van der Waals surface area contributed by atoms with E-state index < -0.39 is 10.2 Å². The molecule has 0 fully saturated rings. The molecule has 5 nitrogen and oxygen atoms in total. The van der Waals surface area contributed by atoms with Gasteiger partial charge in [0.1, 0.15) is 0 Å². The van der Waals surface area contributed by atoms with Crippen LogP contribution in [0.1, 0.15) is 71.1 Å². The largest absolute Gasteiger partial charge is 0.330 e. The van der Waals surface area contributed by atoms with E-state index in [0.717, 1.165) is 6.54 Å².